The number of benzene rings is 1. The molecule has 0 radical (unpaired) electrons. The number of amides is 1. The largest absolute Gasteiger partial charge is 0.391 e. The third-order valence-electron chi connectivity index (χ3n) is 3.77. The highest BCUT2D eigenvalue weighted by molar-refractivity contribution is 5.80. The topological polar surface area (TPSA) is 58.6 Å². The van der Waals surface area contributed by atoms with E-state index in [0.29, 0.717) is 6.61 Å². The maximum absolute atomic E-state index is 12.0. The van der Waals surface area contributed by atoms with E-state index in [9.17, 15) is 9.90 Å². The molecule has 0 spiro atoms. The fraction of sp³-hybridized carbons (Fsp3) is 0.562. The molecule has 1 amide bonds. The smallest absolute Gasteiger partial charge is 0.249 e. The van der Waals surface area contributed by atoms with Gasteiger partial charge in [-0.3, -0.25) is 4.79 Å². The van der Waals surface area contributed by atoms with E-state index in [0.717, 1.165) is 31.2 Å². The molecule has 0 saturated heterocycles. The number of aliphatic hydroxyl groups excluding tert-OH is 1. The zero-order chi connectivity index (χ0) is 14.4. The number of nitrogens with one attached hydrogen (secondary N) is 1. The third kappa shape index (κ3) is 4.32. The van der Waals surface area contributed by atoms with Gasteiger partial charge in [-0.25, -0.2) is 0 Å². The molecule has 0 heterocycles. The molecule has 2 rings (SSSR count). The molecule has 110 valence electrons. The molecule has 4 heteroatoms. The molecule has 1 unspecified atom stereocenters. The monoisotopic (exact) mass is 277 g/mol. The van der Waals surface area contributed by atoms with E-state index < -0.39 is 12.2 Å². The molecule has 0 aliphatic heterocycles. The number of hydrogen-bond acceptors (Lipinski definition) is 3. The van der Waals surface area contributed by atoms with Gasteiger partial charge < -0.3 is 15.2 Å². The number of hydrogen-bond donors (Lipinski definition) is 2. The van der Waals surface area contributed by atoms with E-state index in [1.165, 1.54) is 0 Å². The molecular formula is C16H23NO3. The second kappa shape index (κ2) is 7.41. The van der Waals surface area contributed by atoms with E-state index in [-0.39, 0.29) is 11.9 Å². The predicted molar refractivity (Wildman–Crippen MR) is 77.1 cm³/mol. The van der Waals surface area contributed by atoms with Crippen LogP contribution < -0.4 is 5.32 Å². The standard InChI is InChI=1S/C16H23NO3/c1-12(20-11-13-7-3-2-4-8-13)16(19)17-14-9-5-6-10-15(14)18/h2-4,7-8,12,14-15,18H,5-6,9-11H2,1H3,(H,17,19)/t12?,14-,15-/m1/s1. The number of carbonyl (C=O) groups is 1. The third-order valence-corrected chi connectivity index (χ3v) is 3.77. The zero-order valence-corrected chi connectivity index (χ0v) is 11.9. The number of rotatable bonds is 5. The molecule has 4 nitrogen and oxygen atoms in total. The lowest BCUT2D eigenvalue weighted by Crippen LogP contribution is -2.48. The van der Waals surface area contributed by atoms with Gasteiger partial charge in [-0.2, -0.15) is 0 Å². The lowest BCUT2D eigenvalue weighted by molar-refractivity contribution is -0.134. The van der Waals surface area contributed by atoms with E-state index in [1.54, 1.807) is 6.92 Å². The molecule has 1 saturated carbocycles. The number of carbonyl (C=O) groups excluding carboxylic acids is 1. The average Bonchev–Trinajstić information content (AvgIpc) is 2.48. The Labute approximate surface area is 120 Å². The van der Waals surface area contributed by atoms with Crippen LogP contribution in [0.2, 0.25) is 0 Å². The lowest BCUT2D eigenvalue weighted by Gasteiger charge is -2.29. The molecule has 20 heavy (non-hydrogen) atoms. The summed E-state index contributed by atoms with van der Waals surface area (Å²) in [5, 5.41) is 12.7. The van der Waals surface area contributed by atoms with Crippen LogP contribution in [0.3, 0.4) is 0 Å². The Morgan fingerprint density at radius 2 is 2.05 bits per heavy atom. The first-order chi connectivity index (χ1) is 9.66. The van der Waals surface area contributed by atoms with Crippen molar-refractivity contribution in [1.29, 1.82) is 0 Å². The Morgan fingerprint density at radius 1 is 1.35 bits per heavy atom. The van der Waals surface area contributed by atoms with Crippen molar-refractivity contribution in [2.75, 3.05) is 0 Å². The zero-order valence-electron chi connectivity index (χ0n) is 11.9. The van der Waals surface area contributed by atoms with Gasteiger partial charge >= 0.3 is 0 Å². The molecule has 3 atom stereocenters. The van der Waals surface area contributed by atoms with Gasteiger partial charge in [-0.05, 0) is 25.3 Å². The highest BCUT2D eigenvalue weighted by Crippen LogP contribution is 2.18. The lowest BCUT2D eigenvalue weighted by atomic mass is 9.92. The summed E-state index contributed by atoms with van der Waals surface area (Å²) in [6.07, 6.45) is 2.77. The molecular weight excluding hydrogens is 254 g/mol. The maximum atomic E-state index is 12.0. The van der Waals surface area contributed by atoms with Crippen molar-refractivity contribution in [3.8, 4) is 0 Å². The van der Waals surface area contributed by atoms with Crippen LogP contribution in [0.5, 0.6) is 0 Å². The summed E-state index contributed by atoms with van der Waals surface area (Å²) in [6.45, 7) is 2.16. The summed E-state index contributed by atoms with van der Waals surface area (Å²) >= 11 is 0. The van der Waals surface area contributed by atoms with Crippen molar-refractivity contribution in [2.24, 2.45) is 0 Å². The Kier molecular flexibility index (Phi) is 5.56. The Bertz CT molecular complexity index is 421. The van der Waals surface area contributed by atoms with Crippen LogP contribution in [0.4, 0.5) is 0 Å². The van der Waals surface area contributed by atoms with Crippen molar-refractivity contribution in [1.82, 2.24) is 5.32 Å². The average molecular weight is 277 g/mol. The molecule has 1 aromatic rings. The SMILES string of the molecule is CC(OCc1ccccc1)C(=O)N[C@@H]1CCCC[C@H]1O. The Hall–Kier alpha value is -1.39. The quantitative estimate of drug-likeness (QED) is 0.865. The molecule has 1 aliphatic carbocycles. The van der Waals surface area contributed by atoms with E-state index in [4.69, 9.17) is 4.74 Å². The number of ether oxygens (including phenoxy) is 1. The molecule has 0 aromatic heterocycles. The first kappa shape index (κ1) is 15.0. The minimum Gasteiger partial charge on any atom is -0.391 e. The van der Waals surface area contributed by atoms with Gasteiger partial charge in [0.05, 0.1) is 18.8 Å². The summed E-state index contributed by atoms with van der Waals surface area (Å²) in [5.74, 6) is -0.146. The van der Waals surface area contributed by atoms with Crippen molar-refractivity contribution in [3.63, 3.8) is 0 Å². The van der Waals surface area contributed by atoms with E-state index in [1.807, 2.05) is 30.3 Å². The van der Waals surface area contributed by atoms with Gasteiger partial charge in [0, 0.05) is 0 Å². The summed E-state index contributed by atoms with van der Waals surface area (Å²) < 4.78 is 5.57. The van der Waals surface area contributed by atoms with Crippen LogP contribution >= 0.6 is 0 Å². The maximum Gasteiger partial charge on any atom is 0.249 e. The second-order valence-electron chi connectivity index (χ2n) is 5.41. The normalized spacial score (nSPS) is 24.1. The fourth-order valence-electron chi connectivity index (χ4n) is 2.45. The van der Waals surface area contributed by atoms with Crippen LogP contribution in [0, 0.1) is 0 Å². The van der Waals surface area contributed by atoms with Gasteiger partial charge in [0.25, 0.3) is 0 Å². The van der Waals surface area contributed by atoms with Crippen molar-refractivity contribution in [2.45, 2.75) is 57.5 Å². The first-order valence-corrected chi connectivity index (χ1v) is 7.31. The molecule has 1 aliphatic rings. The first-order valence-electron chi connectivity index (χ1n) is 7.31. The minimum absolute atomic E-state index is 0.126. The number of aliphatic hydroxyl groups is 1. The molecule has 1 aromatic carbocycles. The van der Waals surface area contributed by atoms with Crippen LogP contribution in [0.1, 0.15) is 38.2 Å². The fourth-order valence-corrected chi connectivity index (χ4v) is 2.45. The van der Waals surface area contributed by atoms with E-state index in [2.05, 4.69) is 5.32 Å². The van der Waals surface area contributed by atoms with Gasteiger partial charge in [-0.15, -0.1) is 0 Å². The van der Waals surface area contributed by atoms with Crippen LogP contribution in [0.15, 0.2) is 30.3 Å². The van der Waals surface area contributed by atoms with Crippen molar-refractivity contribution in [3.05, 3.63) is 35.9 Å². The van der Waals surface area contributed by atoms with Crippen LogP contribution in [-0.2, 0) is 16.1 Å². The highest BCUT2D eigenvalue weighted by Gasteiger charge is 2.26. The van der Waals surface area contributed by atoms with Gasteiger partial charge in [0.15, 0.2) is 0 Å². The van der Waals surface area contributed by atoms with Crippen molar-refractivity contribution >= 4 is 5.91 Å². The molecule has 2 N–H and O–H groups in total. The van der Waals surface area contributed by atoms with Crippen LogP contribution in [0.25, 0.3) is 0 Å². The predicted octanol–water partition coefficient (Wildman–Crippen LogP) is 2.01. The van der Waals surface area contributed by atoms with E-state index >= 15 is 0 Å². The Balaban J connectivity index is 1.77. The summed E-state index contributed by atoms with van der Waals surface area (Å²) in [5.41, 5.74) is 1.05. The van der Waals surface area contributed by atoms with Gasteiger partial charge in [-0.1, -0.05) is 43.2 Å². The highest BCUT2D eigenvalue weighted by atomic mass is 16.5. The van der Waals surface area contributed by atoms with Gasteiger partial charge in [0.1, 0.15) is 6.10 Å². The van der Waals surface area contributed by atoms with Crippen LogP contribution in [-0.4, -0.2) is 29.3 Å². The second-order valence-corrected chi connectivity index (χ2v) is 5.41. The minimum atomic E-state index is -0.510. The summed E-state index contributed by atoms with van der Waals surface area (Å²) in [4.78, 5) is 12.0. The van der Waals surface area contributed by atoms with Crippen molar-refractivity contribution < 1.29 is 14.6 Å². The van der Waals surface area contributed by atoms with Gasteiger partial charge in [0.2, 0.25) is 5.91 Å². The molecule has 0 bridgehead atoms. The summed E-state index contributed by atoms with van der Waals surface area (Å²) in [7, 11) is 0. The summed E-state index contributed by atoms with van der Waals surface area (Å²) in [6, 6.07) is 9.65. The molecule has 1 fully saturated rings. The Morgan fingerprint density at radius 3 is 2.75 bits per heavy atom.